The van der Waals surface area contributed by atoms with E-state index in [0.29, 0.717) is 5.92 Å². The monoisotopic (exact) mass is 334 g/mol. The Hall–Kier alpha value is -2.88. The van der Waals surface area contributed by atoms with Crippen molar-refractivity contribution in [3.05, 3.63) is 77.9 Å². The molecule has 0 amide bonds. The van der Waals surface area contributed by atoms with E-state index in [-0.39, 0.29) is 11.7 Å². The maximum Gasteiger partial charge on any atom is 0.236 e. The third-order valence-corrected chi connectivity index (χ3v) is 4.85. The second-order valence-corrected chi connectivity index (χ2v) is 6.50. The van der Waals surface area contributed by atoms with Crippen LogP contribution in [-0.4, -0.2) is 14.7 Å². The summed E-state index contributed by atoms with van der Waals surface area (Å²) < 4.78 is 15.1. The van der Waals surface area contributed by atoms with Gasteiger partial charge in [-0.25, -0.2) is 9.37 Å². The first-order chi connectivity index (χ1) is 12.1. The van der Waals surface area contributed by atoms with Gasteiger partial charge < -0.3 is 9.67 Å². The molecule has 1 aliphatic carbocycles. The number of halogens is 1. The van der Waals surface area contributed by atoms with Crippen molar-refractivity contribution in [2.24, 2.45) is 13.0 Å². The van der Waals surface area contributed by atoms with E-state index in [1.54, 1.807) is 6.20 Å². The lowest BCUT2D eigenvalue weighted by molar-refractivity contribution is 0.457. The van der Waals surface area contributed by atoms with Gasteiger partial charge in [0.15, 0.2) is 0 Å². The van der Waals surface area contributed by atoms with Gasteiger partial charge in [0.1, 0.15) is 11.3 Å². The Labute approximate surface area is 145 Å². The Bertz CT molecular complexity index is 983. The molecule has 3 nitrogen and oxygen atoms in total. The first-order valence-electron chi connectivity index (χ1n) is 8.38. The summed E-state index contributed by atoms with van der Waals surface area (Å²) in [5.41, 5.74) is 4.22. The van der Waals surface area contributed by atoms with Gasteiger partial charge in [0, 0.05) is 30.4 Å². The van der Waals surface area contributed by atoms with E-state index >= 15 is 0 Å². The van der Waals surface area contributed by atoms with Crippen molar-refractivity contribution in [2.45, 2.75) is 12.8 Å². The number of aromatic hydroxyl groups is 1. The summed E-state index contributed by atoms with van der Waals surface area (Å²) in [5.74, 6) is 0.157. The molecule has 2 aromatic heterocycles. The standard InChI is InChI=1S/C21H19FN2O/c1-24-13-19(18-10-11-23-21(25)20(18)24)17-5-3-2-4-15(17)12-14-6-8-16(22)9-7-14/h2-3,5-11,13,15H,4,12H2,1H3,(H,23,25). The molecule has 1 aliphatic rings. The summed E-state index contributed by atoms with van der Waals surface area (Å²) in [6, 6.07) is 8.67. The molecule has 4 rings (SSSR count). The van der Waals surface area contributed by atoms with E-state index in [9.17, 15) is 9.50 Å². The van der Waals surface area contributed by atoms with E-state index < -0.39 is 0 Å². The van der Waals surface area contributed by atoms with Crippen LogP contribution in [0.3, 0.4) is 0 Å². The SMILES string of the molecule is Cn1cc(C2=CC=CCC2Cc2ccc(F)cc2)c2ccnc(O)c21. The zero-order valence-corrected chi connectivity index (χ0v) is 14.0. The summed E-state index contributed by atoms with van der Waals surface area (Å²) in [6.07, 6.45) is 11.9. The molecule has 2 heterocycles. The van der Waals surface area contributed by atoms with Crippen molar-refractivity contribution >= 4 is 16.5 Å². The molecule has 126 valence electrons. The number of pyridine rings is 1. The fraction of sp³-hybridized carbons (Fsp3) is 0.190. The molecule has 0 saturated carbocycles. The van der Waals surface area contributed by atoms with Crippen LogP contribution in [0.25, 0.3) is 16.5 Å². The van der Waals surface area contributed by atoms with Gasteiger partial charge in [-0.15, -0.1) is 0 Å². The number of nitrogens with zero attached hydrogens (tertiary/aromatic N) is 2. The number of aromatic nitrogens is 2. The van der Waals surface area contributed by atoms with Crippen molar-refractivity contribution < 1.29 is 9.50 Å². The number of fused-ring (bicyclic) bond motifs is 1. The Balaban J connectivity index is 1.75. The highest BCUT2D eigenvalue weighted by atomic mass is 19.1. The van der Waals surface area contributed by atoms with Gasteiger partial charge in [0.05, 0.1) is 0 Å². The highest BCUT2D eigenvalue weighted by Crippen LogP contribution is 2.38. The van der Waals surface area contributed by atoms with E-state index in [1.165, 1.54) is 17.7 Å². The van der Waals surface area contributed by atoms with Crippen LogP contribution in [0.4, 0.5) is 4.39 Å². The first kappa shape index (κ1) is 15.6. The first-order valence-corrected chi connectivity index (χ1v) is 8.38. The van der Waals surface area contributed by atoms with Crippen LogP contribution in [0, 0.1) is 11.7 Å². The van der Waals surface area contributed by atoms with Gasteiger partial charge >= 0.3 is 0 Å². The predicted octanol–water partition coefficient (Wildman–Crippen LogP) is 4.62. The second-order valence-electron chi connectivity index (χ2n) is 6.50. The highest BCUT2D eigenvalue weighted by molar-refractivity contribution is 5.96. The van der Waals surface area contributed by atoms with Crippen LogP contribution in [0.1, 0.15) is 17.5 Å². The Morgan fingerprint density at radius 2 is 2.04 bits per heavy atom. The van der Waals surface area contributed by atoms with Gasteiger partial charge in [-0.3, -0.25) is 0 Å². The van der Waals surface area contributed by atoms with E-state index in [0.717, 1.165) is 34.9 Å². The molecule has 25 heavy (non-hydrogen) atoms. The largest absolute Gasteiger partial charge is 0.492 e. The minimum absolute atomic E-state index is 0.0493. The smallest absolute Gasteiger partial charge is 0.236 e. The number of aryl methyl sites for hydroxylation is 1. The third-order valence-electron chi connectivity index (χ3n) is 4.85. The molecular weight excluding hydrogens is 315 g/mol. The van der Waals surface area contributed by atoms with Crippen LogP contribution in [0.2, 0.25) is 0 Å². The number of hydrogen-bond donors (Lipinski definition) is 1. The maximum absolute atomic E-state index is 13.2. The lowest BCUT2D eigenvalue weighted by Gasteiger charge is -2.21. The predicted molar refractivity (Wildman–Crippen MR) is 97.7 cm³/mol. The minimum Gasteiger partial charge on any atom is -0.492 e. The number of rotatable bonds is 3. The molecule has 0 spiro atoms. The van der Waals surface area contributed by atoms with Crippen LogP contribution < -0.4 is 0 Å². The molecule has 1 unspecified atom stereocenters. The fourth-order valence-corrected chi connectivity index (χ4v) is 3.65. The average molecular weight is 334 g/mol. The highest BCUT2D eigenvalue weighted by Gasteiger charge is 2.22. The quantitative estimate of drug-likeness (QED) is 0.759. The van der Waals surface area contributed by atoms with Crippen LogP contribution >= 0.6 is 0 Å². The molecule has 1 N–H and O–H groups in total. The average Bonchev–Trinajstić information content (AvgIpc) is 2.95. The summed E-state index contributed by atoms with van der Waals surface area (Å²) in [4.78, 5) is 3.99. The normalized spacial score (nSPS) is 17.0. The topological polar surface area (TPSA) is 38.0 Å². The lowest BCUT2D eigenvalue weighted by Crippen LogP contribution is -2.09. The molecule has 0 saturated heterocycles. The minimum atomic E-state index is -0.208. The molecule has 1 atom stereocenters. The van der Waals surface area contributed by atoms with Crippen molar-refractivity contribution in [2.75, 3.05) is 0 Å². The van der Waals surface area contributed by atoms with Crippen LogP contribution in [0.5, 0.6) is 5.88 Å². The molecular formula is C21H19FN2O. The van der Waals surface area contributed by atoms with Gasteiger partial charge in [-0.05, 0) is 48.1 Å². The molecule has 4 heteroatoms. The molecule has 1 aromatic carbocycles. The van der Waals surface area contributed by atoms with Gasteiger partial charge in [0.25, 0.3) is 0 Å². The van der Waals surface area contributed by atoms with Crippen molar-refractivity contribution in [3.8, 4) is 5.88 Å². The van der Waals surface area contributed by atoms with Crippen LogP contribution in [-0.2, 0) is 13.5 Å². The summed E-state index contributed by atoms with van der Waals surface area (Å²) in [7, 11) is 1.92. The van der Waals surface area contributed by atoms with Gasteiger partial charge in [-0.2, -0.15) is 0 Å². The van der Waals surface area contributed by atoms with E-state index in [2.05, 4.69) is 29.4 Å². The Morgan fingerprint density at radius 3 is 2.84 bits per heavy atom. The zero-order valence-electron chi connectivity index (χ0n) is 14.0. The number of allylic oxidation sites excluding steroid dienone is 4. The van der Waals surface area contributed by atoms with Gasteiger partial charge in [0.2, 0.25) is 5.88 Å². The molecule has 0 radical (unpaired) electrons. The van der Waals surface area contributed by atoms with Gasteiger partial charge in [-0.1, -0.05) is 30.4 Å². The van der Waals surface area contributed by atoms with Crippen LogP contribution in [0.15, 0.2) is 61.0 Å². The Kier molecular flexibility index (Phi) is 3.88. The Morgan fingerprint density at radius 1 is 1.24 bits per heavy atom. The summed E-state index contributed by atoms with van der Waals surface area (Å²) in [6.45, 7) is 0. The molecule has 3 aromatic rings. The summed E-state index contributed by atoms with van der Waals surface area (Å²) in [5, 5.41) is 11.1. The molecule has 0 aliphatic heterocycles. The maximum atomic E-state index is 13.2. The number of hydrogen-bond acceptors (Lipinski definition) is 2. The number of benzene rings is 1. The molecule has 0 bridgehead atoms. The summed E-state index contributed by atoms with van der Waals surface area (Å²) >= 11 is 0. The fourth-order valence-electron chi connectivity index (χ4n) is 3.65. The zero-order chi connectivity index (χ0) is 17.4. The molecule has 0 fully saturated rings. The van der Waals surface area contributed by atoms with Crippen molar-refractivity contribution in [3.63, 3.8) is 0 Å². The van der Waals surface area contributed by atoms with E-state index in [1.807, 2.05) is 29.8 Å². The van der Waals surface area contributed by atoms with E-state index in [4.69, 9.17) is 0 Å². The van der Waals surface area contributed by atoms with Crippen molar-refractivity contribution in [1.29, 1.82) is 0 Å². The second kappa shape index (κ2) is 6.20. The lowest BCUT2D eigenvalue weighted by atomic mass is 9.82. The third kappa shape index (κ3) is 2.84. The van der Waals surface area contributed by atoms with Crippen molar-refractivity contribution in [1.82, 2.24) is 9.55 Å².